The van der Waals surface area contributed by atoms with Gasteiger partial charge >= 0.3 is 0 Å². The van der Waals surface area contributed by atoms with Crippen molar-refractivity contribution >= 4 is 220 Å². The number of nitrogens with zero attached hydrogens (tertiary/aromatic N) is 10. The van der Waals surface area contributed by atoms with Crippen LogP contribution in [-0.4, -0.2) is 232 Å². The summed E-state index contributed by atoms with van der Waals surface area (Å²) in [6.45, 7) is -3.76. The smallest absolute Gasteiger partial charge is 0.296 e. The molecule has 28 N–H and O–H groups in total. The molecule has 8 aromatic carbocycles. The number of benzene rings is 8. The van der Waals surface area contributed by atoms with Crippen molar-refractivity contribution in [3.05, 3.63) is 170 Å². The van der Waals surface area contributed by atoms with E-state index in [2.05, 4.69) is 72.4 Å². The van der Waals surface area contributed by atoms with Crippen molar-refractivity contribution in [1.29, 1.82) is 0 Å². The van der Waals surface area contributed by atoms with Gasteiger partial charge in [-0.3, -0.25) is 56.6 Å². The lowest BCUT2D eigenvalue weighted by atomic mass is 10.0. The Balaban J connectivity index is 0.965. The highest BCUT2D eigenvalue weighted by Crippen LogP contribution is 2.41. The third-order valence-electron chi connectivity index (χ3n) is 19.4. The van der Waals surface area contributed by atoms with Crippen LogP contribution in [-0.2, 0) is 119 Å². The highest BCUT2D eigenvalue weighted by molar-refractivity contribution is 7.90. The number of primary amides is 8. The van der Waals surface area contributed by atoms with E-state index in [1.807, 2.05) is 0 Å². The molecule has 0 radical (unpaired) electrons. The van der Waals surface area contributed by atoms with Crippen molar-refractivity contribution in [2.24, 2.45) is 45.9 Å². The molecule has 0 unspecified atom stereocenters. The van der Waals surface area contributed by atoms with E-state index >= 15 is 0 Å². The molecule has 0 saturated carbocycles. The molecule has 746 valence electrons. The largest absolute Gasteiger partial charge is 0.370 e. The number of hydrogen-bond donors (Lipinski definition) is 20. The highest BCUT2D eigenvalue weighted by Gasteiger charge is 2.34. The first-order chi connectivity index (χ1) is 65.4. The van der Waals surface area contributed by atoms with Gasteiger partial charge in [0.2, 0.25) is 123 Å². The second-order valence-electron chi connectivity index (χ2n) is 29.8. The van der Waals surface area contributed by atoms with Gasteiger partial charge in [-0.25, -0.2) is 33.7 Å². The first-order valence-electron chi connectivity index (χ1n) is 40.2. The van der Waals surface area contributed by atoms with Crippen LogP contribution in [0.2, 0.25) is 0 Å². The molecule has 2 aromatic heterocycles. The first-order valence-corrected chi connectivity index (χ1v) is 51.8. The zero-order chi connectivity index (χ0) is 103. The van der Waals surface area contributed by atoms with Crippen molar-refractivity contribution < 1.29 is 124 Å². The van der Waals surface area contributed by atoms with Gasteiger partial charge in [0.25, 0.3) is 40.5 Å². The lowest BCUT2D eigenvalue weighted by molar-refractivity contribution is -0.119. The van der Waals surface area contributed by atoms with Gasteiger partial charge in [0.05, 0.1) is 31.0 Å². The summed E-state index contributed by atoms with van der Waals surface area (Å²) >= 11 is 0. The third-order valence-corrected chi connectivity index (χ3v) is 30.6. The van der Waals surface area contributed by atoms with E-state index in [1.165, 1.54) is 48.5 Å². The molecule has 0 aliphatic carbocycles. The number of anilines is 16. The van der Waals surface area contributed by atoms with Crippen LogP contribution >= 0.6 is 0 Å². The van der Waals surface area contributed by atoms with Gasteiger partial charge in [-0.05, 0) is 133 Å². The average Bonchev–Trinajstić information content (AvgIpc) is 0.749. The van der Waals surface area contributed by atoms with Crippen molar-refractivity contribution in [2.45, 2.75) is 90.5 Å². The first kappa shape index (κ1) is 107. The average molecular weight is 2090 g/mol. The molecule has 0 bridgehead atoms. The Bertz CT molecular complexity index is 6750. The van der Waals surface area contributed by atoms with Gasteiger partial charge in [0.15, 0.2) is 0 Å². The van der Waals surface area contributed by atoms with Crippen LogP contribution in [0.4, 0.5) is 92.6 Å². The summed E-state index contributed by atoms with van der Waals surface area (Å²) in [5.41, 5.74) is 38.4. The molecular weight excluding hydrogens is 2010 g/mol. The molecule has 2 heterocycles. The number of sulfonamides is 4. The normalized spacial score (nSPS) is 12.2. The molecule has 0 aliphatic heterocycles. The fourth-order valence-electron chi connectivity index (χ4n) is 12.9. The minimum Gasteiger partial charge on any atom is -0.370 e. The molecule has 0 aliphatic rings. The molecule has 10 aromatic rings. The summed E-state index contributed by atoms with van der Waals surface area (Å²) in [7, 11) is -40.2. The molecule has 0 saturated heterocycles. The lowest BCUT2D eigenvalue weighted by Crippen LogP contribution is -2.36. The van der Waals surface area contributed by atoms with Crippen LogP contribution in [0.1, 0.15) is 51.4 Å². The Morgan fingerprint density at radius 1 is 0.229 bits per heavy atom. The molecule has 140 heavy (non-hydrogen) atoms. The van der Waals surface area contributed by atoms with Gasteiger partial charge in [0, 0.05) is 160 Å². The van der Waals surface area contributed by atoms with Gasteiger partial charge in [-0.2, -0.15) is 80.8 Å². The Kier molecular flexibility index (Phi) is 34.3. The molecule has 62 heteroatoms. The van der Waals surface area contributed by atoms with E-state index in [9.17, 15) is 124 Å². The van der Waals surface area contributed by atoms with E-state index in [0.29, 0.717) is 12.1 Å². The van der Waals surface area contributed by atoms with Crippen LogP contribution in [0, 0.1) is 0 Å². The Morgan fingerprint density at radius 3 is 0.586 bits per heavy atom. The van der Waals surface area contributed by atoms with Crippen LogP contribution in [0.15, 0.2) is 209 Å². The minimum atomic E-state index is -5.56. The minimum absolute atomic E-state index is 0.0666. The fourth-order valence-corrected chi connectivity index (χ4v) is 21.7. The topological polar surface area (TPSA) is 885 Å². The summed E-state index contributed by atoms with van der Waals surface area (Å²) in [6, 6.07) is 30.5. The molecule has 0 atom stereocenters. The van der Waals surface area contributed by atoms with Gasteiger partial charge in [-0.15, -0.1) is 0 Å². The number of carbonyl (C=O) groups is 8. The van der Waals surface area contributed by atoms with Crippen molar-refractivity contribution in [1.82, 2.24) is 47.1 Å². The fraction of sp³-hybridized carbons (Fsp3) is 0.205. The summed E-state index contributed by atoms with van der Waals surface area (Å²) in [5, 5.41) is 21.8. The predicted molar refractivity (Wildman–Crippen MR) is 501 cm³/mol. The monoisotopic (exact) mass is 2090 g/mol. The SMILES string of the molecule is NC(=O)CCN(CCC(N)=O)S(=O)(=O)c1cccc(Nc2nc(Nc3cccc(S(=O)(=O)N(CCC(N)=O)CCC(N)=O)c3)nc(Nc3ccc(Nc4ccc(-c5ccc(Nc6ccc(Nc7nc(Nc8cccc(S(=O)(=O)N(CCC(N)=O)CCC(N)=O)c8)nc(Nc8cccc(S(=O)(=O)N(CCC(N)=O)CCC(N)=O)c8)n7)cc6S(=O)(=O)O)cc5S(=O)(=O)O)c(S(=O)(=O)O)c4)c(S(=O)(=O)O)c3)n2)c1. The van der Waals surface area contributed by atoms with E-state index in [1.54, 1.807) is 0 Å². The number of hydrogen-bond acceptors (Lipinski definition) is 38. The van der Waals surface area contributed by atoms with Crippen molar-refractivity contribution in [3.8, 4) is 11.1 Å². The maximum Gasteiger partial charge on any atom is 0.296 e. The Hall–Kier alpha value is -14.8. The summed E-state index contributed by atoms with van der Waals surface area (Å²) in [4.78, 5) is 114. The van der Waals surface area contributed by atoms with E-state index in [4.69, 9.17) is 45.9 Å². The summed E-state index contributed by atoms with van der Waals surface area (Å²) < 4.78 is 266. The van der Waals surface area contributed by atoms with Crippen LogP contribution in [0.25, 0.3) is 11.1 Å². The van der Waals surface area contributed by atoms with Crippen molar-refractivity contribution in [3.63, 3.8) is 0 Å². The van der Waals surface area contributed by atoms with Crippen LogP contribution < -0.4 is 88.4 Å². The zero-order valence-electron chi connectivity index (χ0n) is 72.4. The van der Waals surface area contributed by atoms with Gasteiger partial charge < -0.3 is 88.4 Å². The van der Waals surface area contributed by atoms with Gasteiger partial charge in [0.1, 0.15) is 19.6 Å². The van der Waals surface area contributed by atoms with E-state index < -0.39 is 340 Å². The number of nitrogens with one attached hydrogen (secondary N) is 8. The second kappa shape index (κ2) is 44.8. The number of amides is 8. The Labute approximate surface area is 798 Å². The Morgan fingerprint density at radius 2 is 0.400 bits per heavy atom. The molecular formula is C78H88N26O28S8. The van der Waals surface area contributed by atoms with E-state index in [0.717, 1.165) is 126 Å². The number of carbonyl (C=O) groups excluding carboxylic acids is 8. The van der Waals surface area contributed by atoms with E-state index in [-0.39, 0.29) is 34.1 Å². The molecule has 0 fully saturated rings. The third kappa shape index (κ3) is 29.6. The maximum atomic E-state index is 14.1. The molecule has 54 nitrogen and oxygen atoms in total. The molecule has 8 amide bonds. The maximum absolute atomic E-state index is 14.1. The summed E-state index contributed by atoms with van der Waals surface area (Å²) in [5.74, 6) is -9.86. The predicted octanol–water partition coefficient (Wildman–Crippen LogP) is 1.63. The zero-order valence-corrected chi connectivity index (χ0v) is 79.0. The van der Waals surface area contributed by atoms with Gasteiger partial charge in [-0.1, -0.05) is 36.4 Å². The molecule has 0 spiro atoms. The lowest BCUT2D eigenvalue weighted by Gasteiger charge is -2.21. The van der Waals surface area contributed by atoms with Crippen molar-refractivity contribution in [2.75, 3.05) is 94.9 Å². The highest BCUT2D eigenvalue weighted by atomic mass is 32.2. The molecule has 10 rings (SSSR count). The van der Waals surface area contributed by atoms with Crippen LogP contribution in [0.5, 0.6) is 0 Å². The quantitative estimate of drug-likeness (QED) is 0.0241. The standard InChI is InChI=1S/C78H88N26O28S8/c79-65(105)21-29-101(30-22-66(80)106)133(113,114)53-9-1-5-45(37-53)89-73-95-74(90-46-6-2-10-54(38-46)134(115,116)102(31-23-67(81)107)32-24-68(82)108)98-77(97-73)93-51-15-19-59(63(43-51)139(127,128)129)87-49-13-17-57(61(41-49)137(121,122)123)58-18-14-50(42-62(58)138(124,125)126)88-60-20-16-52(44-64(60)140(130,131)132)94-78-99-75(91-47-7-3-11-55(39-47)135(117,118)103(33-25-69(83)109)34-26-70(84)110)96-76(100-78)92-48-8-4-12-56(40-48)136(119,120)104(35-27-71(85)111)36-28-72(86)112/h1-20,37-44,87-88H,21-36H2,(H2,79,105)(H2,80,106)(H2,81,107)(H2,82,108)(H2,83,109)(H2,84,110)(H2,85,111)(H2,86,112)(H,121,122,123)(H,124,125,126)(H,127,128,129)(H,130,131,132)(H3,89,90,93,95,97,98)(H3,91,92,94,96,99,100). The summed E-state index contributed by atoms with van der Waals surface area (Å²) in [6.07, 6.45) is -3.70. The number of aromatic nitrogens is 6. The number of nitrogens with two attached hydrogens (primary N) is 8. The number of rotatable bonds is 53. The van der Waals surface area contributed by atoms with Crippen LogP contribution in [0.3, 0.4) is 0 Å². The second-order valence-corrected chi connectivity index (χ2v) is 43.1.